The van der Waals surface area contributed by atoms with Gasteiger partial charge in [-0.05, 0) is 30.7 Å². The van der Waals surface area contributed by atoms with Gasteiger partial charge in [0.2, 0.25) is 5.78 Å². The maximum Gasteiger partial charge on any atom is 0.407 e. The average Bonchev–Trinajstić information content (AvgIpc) is 3.10. The molecule has 1 fully saturated rings. The molecule has 1 aliphatic heterocycles. The smallest absolute Gasteiger partial charge is 0.407 e. The second-order valence-electron chi connectivity index (χ2n) is 12.6. The molecule has 3 aliphatic rings. The van der Waals surface area contributed by atoms with Crippen molar-refractivity contribution in [3.8, 4) is 23.0 Å². The average molecular weight is 728 g/mol. The van der Waals surface area contributed by atoms with Crippen molar-refractivity contribution in [2.24, 2.45) is 0 Å². The van der Waals surface area contributed by atoms with Gasteiger partial charge in [-0.3, -0.25) is 14.4 Å². The van der Waals surface area contributed by atoms with Crippen LogP contribution in [0.15, 0.2) is 36.4 Å². The molecule has 0 radical (unpaired) electrons. The number of hydrogen-bond acceptors (Lipinski definition) is 14. The van der Waals surface area contributed by atoms with E-state index in [0.717, 1.165) is 0 Å². The van der Waals surface area contributed by atoms with Crippen molar-refractivity contribution in [2.45, 2.75) is 69.0 Å². The number of nitrogens with one attached hydrogen (secondary N) is 1. The summed E-state index contributed by atoms with van der Waals surface area (Å²) in [6, 6.07) is 7.50. The summed E-state index contributed by atoms with van der Waals surface area (Å²) in [7, 11) is 1.30. The highest BCUT2D eigenvalue weighted by Gasteiger charge is 2.50. The van der Waals surface area contributed by atoms with Crippen LogP contribution in [0.4, 0.5) is 4.79 Å². The molecule has 0 saturated carbocycles. The molecule has 7 N–H and O–H groups in total. The Morgan fingerprint density at radius 1 is 1.06 bits per heavy atom. The van der Waals surface area contributed by atoms with E-state index in [1.54, 1.807) is 0 Å². The van der Waals surface area contributed by atoms with Crippen LogP contribution in [-0.4, -0.2) is 97.9 Å². The Balaban J connectivity index is 1.32. The molecule has 51 heavy (non-hydrogen) atoms. The lowest BCUT2D eigenvalue weighted by atomic mass is 9.72. The Labute approximate surface area is 294 Å². The van der Waals surface area contributed by atoms with Gasteiger partial charge in [0.25, 0.3) is 0 Å². The van der Waals surface area contributed by atoms with Crippen LogP contribution < -0.4 is 10.1 Å². The molecule has 6 atom stereocenters. The second kappa shape index (κ2) is 13.7. The van der Waals surface area contributed by atoms with Gasteiger partial charge < -0.3 is 54.9 Å². The van der Waals surface area contributed by atoms with Crippen LogP contribution in [0.5, 0.6) is 23.0 Å². The van der Waals surface area contributed by atoms with E-state index in [-0.39, 0.29) is 51.8 Å². The summed E-state index contributed by atoms with van der Waals surface area (Å²) in [4.78, 5) is 53.1. The van der Waals surface area contributed by atoms with Gasteiger partial charge in [0.1, 0.15) is 47.9 Å². The molecule has 0 bridgehead atoms. The molecule has 1 saturated heterocycles. The number of phenolic OH excluding ortho intramolecular Hbond substituents is 3. The lowest BCUT2D eigenvalue weighted by Gasteiger charge is -2.42. The molecule has 0 spiro atoms. The van der Waals surface area contributed by atoms with Crippen LogP contribution in [-0.2, 0) is 32.0 Å². The van der Waals surface area contributed by atoms with Crippen molar-refractivity contribution < 1.29 is 68.8 Å². The minimum Gasteiger partial charge on any atom is -0.507 e. The van der Waals surface area contributed by atoms with Crippen molar-refractivity contribution >= 4 is 35.0 Å². The Hall–Kier alpha value is -4.77. The van der Waals surface area contributed by atoms with Crippen LogP contribution in [0.2, 0.25) is 5.02 Å². The third-order valence-corrected chi connectivity index (χ3v) is 9.75. The van der Waals surface area contributed by atoms with E-state index < -0.39 is 102 Å². The number of carbonyl (C=O) groups excluding carboxylic acids is 4. The number of carbonyl (C=O) groups is 4. The maximum atomic E-state index is 13.9. The normalized spacial score (nSPS) is 25.3. The molecule has 1 amide bonds. The number of aromatic hydroxyl groups is 3. The number of benzene rings is 3. The predicted molar refractivity (Wildman–Crippen MR) is 174 cm³/mol. The minimum atomic E-state index is -2.36. The molecule has 15 nitrogen and oxygen atoms in total. The van der Waals surface area contributed by atoms with Crippen molar-refractivity contribution in [1.82, 2.24) is 5.32 Å². The first kappa shape index (κ1) is 36.0. The SMILES string of the molecule is COc1cccc2c1C(=O)c1c(O)c3c(c(O)c1C2=O)C[C@@](O)(C(=O)CO)C[C@@H]3OC1CC(NC(=O)OCc2ccc(O)c(Cl)c2)C(O)C(C)O1. The highest BCUT2D eigenvalue weighted by Crippen LogP contribution is 2.52. The van der Waals surface area contributed by atoms with Gasteiger partial charge in [0.05, 0.1) is 47.1 Å². The summed E-state index contributed by atoms with van der Waals surface area (Å²) < 4.78 is 22.6. The summed E-state index contributed by atoms with van der Waals surface area (Å²) in [6.45, 7) is 0.184. The van der Waals surface area contributed by atoms with E-state index in [0.29, 0.717) is 5.56 Å². The van der Waals surface area contributed by atoms with Gasteiger partial charge in [-0.1, -0.05) is 29.8 Å². The monoisotopic (exact) mass is 727 g/mol. The van der Waals surface area contributed by atoms with Crippen LogP contribution in [0.25, 0.3) is 0 Å². The Morgan fingerprint density at radius 3 is 2.47 bits per heavy atom. The number of ether oxygens (including phenoxy) is 4. The van der Waals surface area contributed by atoms with Gasteiger partial charge in [-0.25, -0.2) is 4.79 Å². The Kier molecular flexibility index (Phi) is 9.71. The number of Topliss-reactive ketones (excluding diaryl/α,β-unsaturated/α-hetero) is 1. The number of fused-ring (bicyclic) bond motifs is 3. The first-order chi connectivity index (χ1) is 24.2. The summed E-state index contributed by atoms with van der Waals surface area (Å²) in [6.07, 6.45) is -7.37. The number of amides is 1. The second-order valence-corrected chi connectivity index (χ2v) is 13.0. The van der Waals surface area contributed by atoms with Crippen molar-refractivity contribution in [2.75, 3.05) is 13.7 Å². The zero-order valence-electron chi connectivity index (χ0n) is 27.2. The van der Waals surface area contributed by atoms with Crippen molar-refractivity contribution in [1.29, 1.82) is 0 Å². The molecule has 1 heterocycles. The van der Waals surface area contributed by atoms with E-state index in [1.807, 2.05) is 0 Å². The summed E-state index contributed by atoms with van der Waals surface area (Å²) in [5.41, 5.74) is -3.67. The van der Waals surface area contributed by atoms with Gasteiger partial charge in [0, 0.05) is 36.0 Å². The molecule has 3 aromatic rings. The number of aliphatic hydroxyl groups is 3. The standard InChI is InChI=1S/C35H34ClNO14/c1-14-29(41)19(37-34(46)49-13-15-6-7-20(39)18(36)8-15)9-24(50-14)51-22-11-35(47,23(40)12-38)10-17-26(22)33(45)28-27(31(17)43)30(42)16-4-3-5-21(48-2)25(16)32(28)44/h3-8,14,19,22,24,29,38-39,41,43,45,47H,9-13H2,1-2H3,(H,37,46)/t14?,19?,22-,24?,29?,35-/m0/s1. The quantitative estimate of drug-likeness (QED) is 0.129. The number of phenols is 3. The fraction of sp³-hybridized carbons (Fsp3) is 0.371. The predicted octanol–water partition coefficient (Wildman–Crippen LogP) is 2.33. The van der Waals surface area contributed by atoms with Crippen LogP contribution in [0.1, 0.15) is 74.4 Å². The third-order valence-electron chi connectivity index (χ3n) is 9.45. The number of methoxy groups -OCH3 is 1. The topological polar surface area (TPSA) is 239 Å². The fourth-order valence-corrected chi connectivity index (χ4v) is 7.04. The van der Waals surface area contributed by atoms with Crippen LogP contribution >= 0.6 is 11.6 Å². The number of aliphatic hydroxyl groups excluding tert-OH is 2. The third kappa shape index (κ3) is 6.37. The molecule has 4 unspecified atom stereocenters. The fourth-order valence-electron chi connectivity index (χ4n) is 6.84. The van der Waals surface area contributed by atoms with Gasteiger partial charge in [-0.15, -0.1) is 0 Å². The largest absolute Gasteiger partial charge is 0.507 e. The number of halogens is 1. The van der Waals surface area contributed by atoms with Crippen molar-refractivity contribution in [3.63, 3.8) is 0 Å². The number of rotatable bonds is 8. The molecular formula is C35H34ClNO14. The molecule has 6 rings (SSSR count). The maximum absolute atomic E-state index is 13.9. The van der Waals surface area contributed by atoms with E-state index in [2.05, 4.69) is 5.32 Å². The zero-order chi connectivity index (χ0) is 36.9. The summed E-state index contributed by atoms with van der Waals surface area (Å²) >= 11 is 5.91. The zero-order valence-corrected chi connectivity index (χ0v) is 28.0. The van der Waals surface area contributed by atoms with Gasteiger partial charge in [-0.2, -0.15) is 0 Å². The van der Waals surface area contributed by atoms with Gasteiger partial charge >= 0.3 is 6.09 Å². The molecule has 270 valence electrons. The van der Waals surface area contributed by atoms with E-state index >= 15 is 0 Å². The van der Waals surface area contributed by atoms with Crippen molar-refractivity contribution in [3.05, 3.63) is 80.4 Å². The highest BCUT2D eigenvalue weighted by atomic mass is 35.5. The van der Waals surface area contributed by atoms with Gasteiger partial charge in [0.15, 0.2) is 17.9 Å². The first-order valence-electron chi connectivity index (χ1n) is 15.8. The first-order valence-corrected chi connectivity index (χ1v) is 16.2. The van der Waals surface area contributed by atoms with E-state index in [9.17, 15) is 49.8 Å². The Bertz CT molecular complexity index is 1950. The lowest BCUT2D eigenvalue weighted by molar-refractivity contribution is -0.249. The molecule has 3 aromatic carbocycles. The molecule has 0 aromatic heterocycles. The number of ketones is 3. The summed E-state index contributed by atoms with van der Waals surface area (Å²) in [5.74, 6) is -4.30. The molecule has 16 heteroatoms. The van der Waals surface area contributed by atoms with Crippen LogP contribution in [0.3, 0.4) is 0 Å². The van der Waals surface area contributed by atoms with E-state index in [1.165, 1.54) is 50.4 Å². The lowest BCUT2D eigenvalue weighted by Crippen LogP contribution is -2.56. The Morgan fingerprint density at radius 2 is 1.78 bits per heavy atom. The summed E-state index contributed by atoms with van der Waals surface area (Å²) in [5, 5.41) is 67.4. The highest BCUT2D eigenvalue weighted by molar-refractivity contribution is 6.32. The van der Waals surface area contributed by atoms with E-state index in [4.69, 9.17) is 30.5 Å². The number of hydrogen-bond donors (Lipinski definition) is 7. The minimum absolute atomic E-state index is 0.0518. The molecule has 2 aliphatic carbocycles. The van der Waals surface area contributed by atoms with Crippen LogP contribution in [0, 0.1) is 0 Å². The molecular weight excluding hydrogens is 694 g/mol. The number of alkyl carbamates (subject to hydrolysis) is 1.